The van der Waals surface area contributed by atoms with E-state index in [0.717, 1.165) is 25.9 Å². The van der Waals surface area contributed by atoms with E-state index in [9.17, 15) is 4.79 Å². The molecule has 0 atom stereocenters. The zero-order valence-corrected chi connectivity index (χ0v) is 10.6. The van der Waals surface area contributed by atoms with Crippen LogP contribution in [0.2, 0.25) is 0 Å². The fourth-order valence-electron chi connectivity index (χ4n) is 1.39. The Hall–Kier alpha value is -1.59. The van der Waals surface area contributed by atoms with Gasteiger partial charge in [-0.05, 0) is 33.6 Å². The summed E-state index contributed by atoms with van der Waals surface area (Å²) in [5.74, 6) is 0. The summed E-state index contributed by atoms with van der Waals surface area (Å²) in [6.07, 6.45) is 5.22. The van der Waals surface area contributed by atoms with Gasteiger partial charge >= 0.3 is 6.09 Å². The summed E-state index contributed by atoms with van der Waals surface area (Å²) in [7, 11) is 0. The summed E-state index contributed by atoms with van der Waals surface area (Å²) in [6.45, 7) is 7.38. The second-order valence-electron chi connectivity index (χ2n) is 4.83. The van der Waals surface area contributed by atoms with Crippen molar-refractivity contribution in [2.24, 2.45) is 0 Å². The zero-order valence-electron chi connectivity index (χ0n) is 10.6. The number of nitrogens with zero attached hydrogens (tertiary/aromatic N) is 3. The van der Waals surface area contributed by atoms with Gasteiger partial charge in [0.15, 0.2) is 0 Å². The maximum atomic E-state index is 11.4. The molecule has 0 aromatic carbocycles. The number of aromatic nitrogens is 3. The van der Waals surface area contributed by atoms with Crippen molar-refractivity contribution in [2.75, 3.05) is 13.1 Å². The minimum atomic E-state index is -0.361. The molecule has 0 unspecified atom stereocenters. The van der Waals surface area contributed by atoms with E-state index >= 15 is 0 Å². The van der Waals surface area contributed by atoms with Gasteiger partial charge in [-0.15, -0.1) is 0 Å². The monoisotopic (exact) mass is 240 g/mol. The van der Waals surface area contributed by atoms with Crippen LogP contribution in [0.25, 0.3) is 0 Å². The molecule has 0 aliphatic carbocycles. The van der Waals surface area contributed by atoms with Crippen LogP contribution in [0.4, 0.5) is 4.79 Å². The molecule has 2 rings (SSSR count). The van der Waals surface area contributed by atoms with Gasteiger partial charge in [0.1, 0.15) is 5.60 Å². The van der Waals surface area contributed by atoms with Crippen LogP contribution in [0.5, 0.6) is 0 Å². The molecule has 1 aliphatic rings. The highest BCUT2D eigenvalue weighted by Crippen LogP contribution is 2.14. The number of hydrogen-bond donors (Lipinski definition) is 1. The van der Waals surface area contributed by atoms with Crippen LogP contribution in [0, 0.1) is 0 Å². The Labute approximate surface area is 101 Å². The molecule has 1 amide bonds. The molecule has 96 valence electrons. The SMILES string of the molecule is CC(C)(C)OC(=O)N1CCCC1.c1cn[nH]n1. The molecule has 1 fully saturated rings. The number of ether oxygens (including phenoxy) is 1. The van der Waals surface area contributed by atoms with Crippen molar-refractivity contribution in [1.82, 2.24) is 20.3 Å². The molecule has 1 saturated heterocycles. The van der Waals surface area contributed by atoms with Gasteiger partial charge in [0.2, 0.25) is 0 Å². The fraction of sp³-hybridized carbons (Fsp3) is 0.727. The van der Waals surface area contributed by atoms with Gasteiger partial charge in [0, 0.05) is 13.1 Å². The molecule has 0 bridgehead atoms. The van der Waals surface area contributed by atoms with E-state index in [4.69, 9.17) is 4.74 Å². The number of likely N-dealkylation sites (tertiary alicyclic amines) is 1. The maximum absolute atomic E-state index is 11.4. The molecule has 2 heterocycles. The lowest BCUT2D eigenvalue weighted by Crippen LogP contribution is -2.34. The fourth-order valence-corrected chi connectivity index (χ4v) is 1.39. The third-order valence-corrected chi connectivity index (χ3v) is 2.09. The van der Waals surface area contributed by atoms with Crippen molar-refractivity contribution < 1.29 is 9.53 Å². The number of aromatic amines is 1. The first-order valence-electron chi connectivity index (χ1n) is 5.77. The van der Waals surface area contributed by atoms with E-state index in [2.05, 4.69) is 15.4 Å². The number of H-pyrrole nitrogens is 1. The molecule has 17 heavy (non-hydrogen) atoms. The van der Waals surface area contributed by atoms with Gasteiger partial charge in [-0.1, -0.05) is 0 Å². The average molecular weight is 240 g/mol. The average Bonchev–Trinajstić information content (AvgIpc) is 2.93. The van der Waals surface area contributed by atoms with Crippen molar-refractivity contribution in [2.45, 2.75) is 39.2 Å². The summed E-state index contributed by atoms with van der Waals surface area (Å²) >= 11 is 0. The molecule has 1 N–H and O–H groups in total. The molecule has 1 aromatic heterocycles. The molecule has 0 spiro atoms. The second-order valence-corrected chi connectivity index (χ2v) is 4.83. The lowest BCUT2D eigenvalue weighted by molar-refractivity contribution is 0.0295. The molecule has 6 nitrogen and oxygen atoms in total. The van der Waals surface area contributed by atoms with Crippen molar-refractivity contribution in [3.63, 3.8) is 0 Å². The van der Waals surface area contributed by atoms with Crippen molar-refractivity contribution >= 4 is 6.09 Å². The van der Waals surface area contributed by atoms with Crippen LogP contribution in [-0.2, 0) is 4.74 Å². The molecular formula is C11H20N4O2. The van der Waals surface area contributed by atoms with Crippen molar-refractivity contribution in [3.05, 3.63) is 12.4 Å². The van der Waals surface area contributed by atoms with Gasteiger partial charge < -0.3 is 9.64 Å². The summed E-state index contributed by atoms with van der Waals surface area (Å²) in [4.78, 5) is 13.1. The van der Waals surface area contributed by atoms with Gasteiger partial charge in [0.05, 0.1) is 12.4 Å². The maximum Gasteiger partial charge on any atom is 0.410 e. The highest BCUT2D eigenvalue weighted by Gasteiger charge is 2.23. The third-order valence-electron chi connectivity index (χ3n) is 2.09. The number of nitrogens with one attached hydrogen (secondary N) is 1. The predicted molar refractivity (Wildman–Crippen MR) is 63.4 cm³/mol. The summed E-state index contributed by atoms with van der Waals surface area (Å²) in [6, 6.07) is 0. The van der Waals surface area contributed by atoms with Gasteiger partial charge in [-0.3, -0.25) is 0 Å². The van der Waals surface area contributed by atoms with Crippen molar-refractivity contribution in [3.8, 4) is 0 Å². The van der Waals surface area contributed by atoms with E-state index in [1.807, 2.05) is 20.8 Å². The Morgan fingerprint density at radius 3 is 2.12 bits per heavy atom. The predicted octanol–water partition coefficient (Wildman–Crippen LogP) is 1.82. The number of amides is 1. The lowest BCUT2D eigenvalue weighted by atomic mass is 10.2. The molecule has 0 saturated carbocycles. The minimum Gasteiger partial charge on any atom is -0.444 e. The first-order chi connectivity index (χ1) is 7.99. The van der Waals surface area contributed by atoms with Crippen LogP contribution < -0.4 is 0 Å². The Morgan fingerprint density at radius 2 is 1.76 bits per heavy atom. The first kappa shape index (κ1) is 13.5. The van der Waals surface area contributed by atoms with E-state index < -0.39 is 0 Å². The Balaban J connectivity index is 0.000000239. The lowest BCUT2D eigenvalue weighted by Gasteiger charge is -2.23. The standard InChI is InChI=1S/C9H17NO2.C2H3N3/c1-9(2,3)12-8(11)10-6-4-5-7-10;1-2-4-5-3-1/h4-7H2,1-3H3;1-2H,(H,3,4,5). The van der Waals surface area contributed by atoms with E-state index in [1.54, 1.807) is 17.3 Å². The molecule has 6 heteroatoms. The van der Waals surface area contributed by atoms with E-state index in [-0.39, 0.29) is 11.7 Å². The van der Waals surface area contributed by atoms with Crippen LogP contribution in [0.1, 0.15) is 33.6 Å². The summed E-state index contributed by atoms with van der Waals surface area (Å²) in [5.41, 5.74) is -0.361. The second kappa shape index (κ2) is 6.22. The number of rotatable bonds is 0. The quantitative estimate of drug-likeness (QED) is 0.751. The van der Waals surface area contributed by atoms with E-state index in [0.29, 0.717) is 0 Å². The highest BCUT2D eigenvalue weighted by molar-refractivity contribution is 5.68. The normalized spacial score (nSPS) is 15.1. The van der Waals surface area contributed by atoms with Gasteiger partial charge in [-0.2, -0.15) is 15.4 Å². The zero-order chi connectivity index (χ0) is 12.7. The third kappa shape index (κ3) is 5.89. The van der Waals surface area contributed by atoms with Gasteiger partial charge in [0.25, 0.3) is 0 Å². The number of carbonyl (C=O) groups is 1. The largest absolute Gasteiger partial charge is 0.444 e. The Morgan fingerprint density at radius 1 is 1.24 bits per heavy atom. The molecular weight excluding hydrogens is 220 g/mol. The summed E-state index contributed by atoms with van der Waals surface area (Å²) < 4.78 is 5.21. The smallest absolute Gasteiger partial charge is 0.410 e. The van der Waals surface area contributed by atoms with Gasteiger partial charge in [-0.25, -0.2) is 4.79 Å². The Kier molecular flexibility index (Phi) is 4.93. The number of hydrogen-bond acceptors (Lipinski definition) is 4. The minimum absolute atomic E-state index is 0.167. The van der Waals surface area contributed by atoms with E-state index in [1.165, 1.54) is 0 Å². The Bertz CT molecular complexity index is 295. The van der Waals surface area contributed by atoms with Crippen LogP contribution in [-0.4, -0.2) is 45.1 Å². The van der Waals surface area contributed by atoms with Crippen LogP contribution >= 0.6 is 0 Å². The summed E-state index contributed by atoms with van der Waals surface area (Å²) in [5, 5.41) is 9.33. The topological polar surface area (TPSA) is 71.1 Å². The molecule has 0 radical (unpaired) electrons. The first-order valence-corrected chi connectivity index (χ1v) is 5.77. The highest BCUT2D eigenvalue weighted by atomic mass is 16.6. The molecule has 1 aliphatic heterocycles. The number of carbonyl (C=O) groups excluding carboxylic acids is 1. The van der Waals surface area contributed by atoms with Crippen molar-refractivity contribution in [1.29, 1.82) is 0 Å². The van der Waals surface area contributed by atoms with Crippen LogP contribution in [0.15, 0.2) is 12.4 Å². The van der Waals surface area contributed by atoms with Crippen LogP contribution in [0.3, 0.4) is 0 Å². The molecule has 1 aromatic rings.